The van der Waals surface area contributed by atoms with Gasteiger partial charge in [0.2, 0.25) is 5.91 Å². The van der Waals surface area contributed by atoms with Gasteiger partial charge in [-0.2, -0.15) is 0 Å². The Balaban J connectivity index is 1.54. The first-order valence-electron chi connectivity index (χ1n) is 8.15. The fourth-order valence-corrected chi connectivity index (χ4v) is 3.48. The number of nitrogens with zero attached hydrogens (tertiary/aromatic N) is 1. The maximum atomic E-state index is 12.9. The summed E-state index contributed by atoms with van der Waals surface area (Å²) in [5, 5.41) is 5.73. The third kappa shape index (κ3) is 3.81. The molecule has 2 aliphatic heterocycles. The number of rotatable bonds is 1. The van der Waals surface area contributed by atoms with Crippen LogP contribution in [0.1, 0.15) is 32.1 Å². The van der Waals surface area contributed by atoms with Gasteiger partial charge >= 0.3 is 6.03 Å². The largest absolute Gasteiger partial charge is 0.356 e. The topological polar surface area (TPSA) is 61.4 Å². The van der Waals surface area contributed by atoms with Crippen molar-refractivity contribution in [3.63, 3.8) is 0 Å². The van der Waals surface area contributed by atoms with E-state index < -0.39 is 0 Å². The number of hydrogen-bond acceptors (Lipinski definition) is 2. The summed E-state index contributed by atoms with van der Waals surface area (Å²) in [6.45, 7) is 2.13. The van der Waals surface area contributed by atoms with Crippen molar-refractivity contribution in [2.75, 3.05) is 25.0 Å². The molecule has 2 N–H and O–H groups in total. The molecule has 0 aromatic heterocycles. The highest BCUT2D eigenvalue weighted by atomic mass is 19.1. The van der Waals surface area contributed by atoms with E-state index in [1.54, 1.807) is 17.0 Å². The Morgan fingerprint density at radius 2 is 1.83 bits per heavy atom. The lowest BCUT2D eigenvalue weighted by molar-refractivity contribution is -0.121. The van der Waals surface area contributed by atoms with Gasteiger partial charge in [0.05, 0.1) is 0 Å². The molecule has 6 heteroatoms. The lowest BCUT2D eigenvalue weighted by Gasteiger charge is -2.41. The van der Waals surface area contributed by atoms with Crippen LogP contribution in [0.25, 0.3) is 0 Å². The molecule has 2 heterocycles. The van der Waals surface area contributed by atoms with E-state index in [-0.39, 0.29) is 23.2 Å². The van der Waals surface area contributed by atoms with E-state index in [9.17, 15) is 14.0 Å². The fourth-order valence-electron chi connectivity index (χ4n) is 3.48. The molecule has 1 aromatic rings. The van der Waals surface area contributed by atoms with Crippen molar-refractivity contribution in [1.29, 1.82) is 0 Å². The van der Waals surface area contributed by atoms with Gasteiger partial charge in [-0.3, -0.25) is 4.79 Å². The van der Waals surface area contributed by atoms with E-state index in [0.29, 0.717) is 25.2 Å². The summed E-state index contributed by atoms with van der Waals surface area (Å²) in [5.41, 5.74) is 0.784. The van der Waals surface area contributed by atoms with Gasteiger partial charge in [-0.15, -0.1) is 0 Å². The minimum Gasteiger partial charge on any atom is -0.356 e. The fraction of sp³-hybridized carbons (Fsp3) is 0.529. The van der Waals surface area contributed by atoms with Crippen LogP contribution in [-0.4, -0.2) is 36.5 Å². The van der Waals surface area contributed by atoms with Crippen LogP contribution in [0, 0.1) is 11.2 Å². The van der Waals surface area contributed by atoms with E-state index in [0.717, 1.165) is 32.2 Å². The quantitative estimate of drug-likeness (QED) is 0.836. The normalized spacial score (nSPS) is 20.7. The average Bonchev–Trinajstić information content (AvgIpc) is 2.73. The number of anilines is 1. The molecule has 2 fully saturated rings. The van der Waals surface area contributed by atoms with Crippen molar-refractivity contribution in [3.8, 4) is 0 Å². The van der Waals surface area contributed by atoms with Crippen LogP contribution in [0.2, 0.25) is 0 Å². The molecule has 3 rings (SSSR count). The first-order chi connectivity index (χ1) is 11.1. The monoisotopic (exact) mass is 319 g/mol. The van der Waals surface area contributed by atoms with Gasteiger partial charge in [0.1, 0.15) is 5.82 Å². The lowest BCUT2D eigenvalue weighted by Crippen LogP contribution is -2.45. The third-order valence-corrected chi connectivity index (χ3v) is 5.07. The van der Waals surface area contributed by atoms with Crippen LogP contribution in [0.5, 0.6) is 0 Å². The third-order valence-electron chi connectivity index (χ3n) is 5.07. The second-order valence-electron chi connectivity index (χ2n) is 6.52. The number of piperidine rings is 1. The standard InChI is InChI=1S/C17H22FN3O2/c18-13-1-3-14(4-2-13)20-16(23)21-11-8-17(9-12-21)6-5-15(22)19-10-7-17/h1-4H,5-12H2,(H,19,22)(H,20,23). The zero-order chi connectivity index (χ0) is 16.3. The smallest absolute Gasteiger partial charge is 0.321 e. The van der Waals surface area contributed by atoms with E-state index in [1.807, 2.05) is 0 Å². The second-order valence-corrected chi connectivity index (χ2v) is 6.52. The van der Waals surface area contributed by atoms with Gasteiger partial charge in [0.25, 0.3) is 0 Å². The molecule has 5 nitrogen and oxygen atoms in total. The predicted molar refractivity (Wildman–Crippen MR) is 85.5 cm³/mol. The Morgan fingerprint density at radius 3 is 2.52 bits per heavy atom. The Bertz CT molecular complexity index is 580. The molecule has 124 valence electrons. The Kier molecular flexibility index (Phi) is 4.50. The van der Waals surface area contributed by atoms with Crippen LogP contribution in [-0.2, 0) is 4.79 Å². The number of halogens is 1. The molecule has 2 saturated heterocycles. The molecule has 0 bridgehead atoms. The Hall–Kier alpha value is -2.11. The summed E-state index contributed by atoms with van der Waals surface area (Å²) in [4.78, 5) is 25.6. The predicted octanol–water partition coefficient (Wildman–Crippen LogP) is 2.74. The van der Waals surface area contributed by atoms with Crippen molar-refractivity contribution in [1.82, 2.24) is 10.2 Å². The molecule has 0 unspecified atom stereocenters. The molecule has 1 spiro atoms. The Labute approximate surface area is 135 Å². The van der Waals surface area contributed by atoms with Crippen molar-refractivity contribution < 1.29 is 14.0 Å². The SMILES string of the molecule is O=C1CCC2(CCN1)CCN(C(=O)Nc1ccc(F)cc1)CC2. The number of hydrogen-bond donors (Lipinski definition) is 2. The molecule has 1 aromatic carbocycles. The van der Waals surface area contributed by atoms with Crippen molar-refractivity contribution in [2.24, 2.45) is 5.41 Å². The Morgan fingerprint density at radius 1 is 1.13 bits per heavy atom. The van der Waals surface area contributed by atoms with Crippen molar-refractivity contribution in [2.45, 2.75) is 32.1 Å². The molecule has 0 aliphatic carbocycles. The molecule has 2 aliphatic rings. The van der Waals surface area contributed by atoms with Gasteiger partial charge in [0.15, 0.2) is 0 Å². The molecule has 0 saturated carbocycles. The van der Waals surface area contributed by atoms with E-state index >= 15 is 0 Å². The van der Waals surface area contributed by atoms with Gasteiger partial charge in [-0.1, -0.05) is 0 Å². The van der Waals surface area contributed by atoms with E-state index in [2.05, 4.69) is 10.6 Å². The number of carbonyl (C=O) groups excluding carboxylic acids is 2. The molecule has 0 atom stereocenters. The van der Waals surface area contributed by atoms with E-state index in [4.69, 9.17) is 0 Å². The maximum absolute atomic E-state index is 12.9. The highest BCUT2D eigenvalue weighted by molar-refractivity contribution is 5.89. The number of carbonyl (C=O) groups is 2. The summed E-state index contributed by atoms with van der Waals surface area (Å²) >= 11 is 0. The minimum absolute atomic E-state index is 0.137. The average molecular weight is 319 g/mol. The van der Waals surface area contributed by atoms with Crippen LogP contribution < -0.4 is 10.6 Å². The first-order valence-corrected chi connectivity index (χ1v) is 8.15. The van der Waals surface area contributed by atoms with E-state index in [1.165, 1.54) is 12.1 Å². The van der Waals surface area contributed by atoms with Crippen LogP contribution >= 0.6 is 0 Å². The molecular weight excluding hydrogens is 297 g/mol. The highest BCUT2D eigenvalue weighted by Crippen LogP contribution is 2.40. The van der Waals surface area contributed by atoms with Crippen LogP contribution in [0.4, 0.5) is 14.9 Å². The maximum Gasteiger partial charge on any atom is 0.321 e. The number of benzene rings is 1. The zero-order valence-electron chi connectivity index (χ0n) is 13.1. The summed E-state index contributed by atoms with van der Waals surface area (Å²) in [6.07, 6.45) is 4.35. The van der Waals surface area contributed by atoms with Gasteiger partial charge in [-0.25, -0.2) is 9.18 Å². The van der Waals surface area contributed by atoms with Gasteiger partial charge < -0.3 is 15.5 Å². The highest BCUT2D eigenvalue weighted by Gasteiger charge is 2.37. The minimum atomic E-state index is -0.320. The molecule has 3 amide bonds. The van der Waals surface area contributed by atoms with Crippen molar-refractivity contribution >= 4 is 17.6 Å². The number of nitrogens with one attached hydrogen (secondary N) is 2. The number of likely N-dealkylation sites (tertiary alicyclic amines) is 1. The van der Waals surface area contributed by atoms with Gasteiger partial charge in [-0.05, 0) is 55.4 Å². The van der Waals surface area contributed by atoms with Crippen LogP contribution in [0.3, 0.4) is 0 Å². The molecule has 23 heavy (non-hydrogen) atoms. The summed E-state index contributed by atoms with van der Waals surface area (Å²) < 4.78 is 12.9. The van der Waals surface area contributed by atoms with Crippen LogP contribution in [0.15, 0.2) is 24.3 Å². The zero-order valence-corrected chi connectivity index (χ0v) is 13.1. The molecular formula is C17H22FN3O2. The van der Waals surface area contributed by atoms with Gasteiger partial charge in [0, 0.05) is 31.7 Å². The lowest BCUT2D eigenvalue weighted by atomic mass is 9.73. The summed E-state index contributed by atoms with van der Waals surface area (Å²) in [6, 6.07) is 5.63. The summed E-state index contributed by atoms with van der Waals surface area (Å²) in [5.74, 6) is -0.183. The number of urea groups is 1. The van der Waals surface area contributed by atoms with Crippen molar-refractivity contribution in [3.05, 3.63) is 30.1 Å². The number of amides is 3. The first kappa shape index (κ1) is 15.8. The molecule has 0 radical (unpaired) electrons. The second kappa shape index (κ2) is 6.56. The summed E-state index contributed by atoms with van der Waals surface area (Å²) in [7, 11) is 0.